The molecule has 0 saturated carbocycles. The first kappa shape index (κ1) is 13.8. The number of anilines is 1. The lowest BCUT2D eigenvalue weighted by Gasteiger charge is -2.05. The van der Waals surface area contributed by atoms with Crippen LogP contribution in [0.4, 0.5) is 5.69 Å². The zero-order valence-electron chi connectivity index (χ0n) is 10.5. The second-order valence-electron chi connectivity index (χ2n) is 4.10. The average molecular weight is 284 g/mol. The van der Waals surface area contributed by atoms with Crippen molar-refractivity contribution in [3.05, 3.63) is 59.7 Å². The van der Waals surface area contributed by atoms with Crippen LogP contribution in [-0.4, -0.2) is 8.42 Å². The molecule has 0 radical (unpaired) electrons. The molecule has 20 heavy (non-hydrogen) atoms. The normalized spacial score (nSPS) is 11.3. The molecule has 2 N–H and O–H groups in total. The Balaban J connectivity index is 2.52. The van der Waals surface area contributed by atoms with Crippen LogP contribution in [0.15, 0.2) is 53.4 Å². The van der Waals surface area contributed by atoms with E-state index < -0.39 is 9.84 Å². The van der Waals surface area contributed by atoms with Gasteiger partial charge in [0.1, 0.15) is 4.90 Å². The van der Waals surface area contributed by atoms with Gasteiger partial charge < -0.3 is 5.73 Å². The molecule has 0 aromatic heterocycles. The molecule has 0 aliphatic rings. The molecule has 0 spiro atoms. The molecule has 0 unspecified atom stereocenters. The largest absolute Gasteiger partial charge is 0.398 e. The van der Waals surface area contributed by atoms with Gasteiger partial charge in [0, 0.05) is 0 Å². The fraction of sp³-hybridized carbons (Fsp3) is 0. The van der Waals surface area contributed by atoms with Crippen LogP contribution in [0.3, 0.4) is 0 Å². The Labute approximate surface area is 117 Å². The first-order chi connectivity index (χ1) is 9.54. The molecular weight excluding hydrogens is 272 g/mol. The van der Waals surface area contributed by atoms with E-state index in [4.69, 9.17) is 11.0 Å². The summed E-state index contributed by atoms with van der Waals surface area (Å²) in [7, 11) is -4.03. The van der Waals surface area contributed by atoms with Gasteiger partial charge in [-0.3, -0.25) is 0 Å². The number of hydrogen-bond donors (Lipinski definition) is 1. The third-order valence-electron chi connectivity index (χ3n) is 2.72. The Morgan fingerprint density at radius 3 is 2.35 bits per heavy atom. The van der Waals surface area contributed by atoms with Crippen LogP contribution in [0.5, 0.6) is 0 Å². The van der Waals surface area contributed by atoms with Gasteiger partial charge in [-0.15, -0.1) is 0 Å². The Kier molecular flexibility index (Phi) is 3.87. The molecule has 100 valence electrons. The monoisotopic (exact) mass is 284 g/mol. The van der Waals surface area contributed by atoms with Gasteiger partial charge in [0.2, 0.25) is 0 Å². The van der Waals surface area contributed by atoms with Crippen molar-refractivity contribution in [1.29, 1.82) is 5.26 Å². The summed E-state index contributed by atoms with van der Waals surface area (Å²) in [4.78, 5) is -0.144. The highest BCUT2D eigenvalue weighted by Gasteiger charge is 2.19. The van der Waals surface area contributed by atoms with E-state index in [1.165, 1.54) is 11.5 Å². The summed E-state index contributed by atoms with van der Waals surface area (Å²) in [6.07, 6.45) is 3.40. The van der Waals surface area contributed by atoms with Crippen molar-refractivity contribution < 1.29 is 8.42 Å². The molecule has 2 aromatic rings. The Morgan fingerprint density at radius 1 is 1.00 bits per heavy atom. The van der Waals surface area contributed by atoms with E-state index in [-0.39, 0.29) is 10.6 Å². The van der Waals surface area contributed by atoms with Gasteiger partial charge in [-0.1, -0.05) is 54.6 Å². The molecule has 0 aliphatic heterocycles. The maximum Gasteiger partial charge on any atom is 0.272 e. The predicted octanol–water partition coefficient (Wildman–Crippen LogP) is 2.69. The van der Waals surface area contributed by atoms with E-state index in [1.54, 1.807) is 24.3 Å². The van der Waals surface area contributed by atoms with Crippen LogP contribution < -0.4 is 5.73 Å². The minimum Gasteiger partial charge on any atom is -0.398 e. The highest BCUT2D eigenvalue weighted by molar-refractivity contribution is 7.96. The summed E-state index contributed by atoms with van der Waals surface area (Å²) >= 11 is 0. The number of rotatable bonds is 3. The number of benzene rings is 2. The maximum atomic E-state index is 11.8. The standard InChI is InChI=1S/C15H12N2O2S/c16-11-20(18,19)15-13(7-4-8-14(15)17)10-9-12-5-2-1-3-6-12/h1-10H,17H2. The highest BCUT2D eigenvalue weighted by atomic mass is 32.2. The summed E-state index contributed by atoms with van der Waals surface area (Å²) in [6, 6.07) is 14.2. The zero-order chi connectivity index (χ0) is 14.6. The fourth-order valence-electron chi connectivity index (χ4n) is 1.81. The molecule has 0 amide bonds. The van der Waals surface area contributed by atoms with Crippen LogP contribution in [0, 0.1) is 10.7 Å². The van der Waals surface area contributed by atoms with Gasteiger partial charge in [0.05, 0.1) is 5.69 Å². The molecule has 0 saturated heterocycles. The number of nitrogen functional groups attached to an aromatic ring is 1. The summed E-state index contributed by atoms with van der Waals surface area (Å²) in [5.74, 6) is 0. The topological polar surface area (TPSA) is 84.0 Å². The van der Waals surface area contributed by atoms with Crippen LogP contribution >= 0.6 is 0 Å². The molecule has 0 bridgehead atoms. The average Bonchev–Trinajstić information content (AvgIpc) is 2.46. The third kappa shape index (κ3) is 2.87. The first-order valence-corrected chi connectivity index (χ1v) is 7.30. The summed E-state index contributed by atoms with van der Waals surface area (Å²) in [6.45, 7) is 0. The fourth-order valence-corrected chi connectivity index (χ4v) is 2.73. The second-order valence-corrected chi connectivity index (χ2v) is 5.70. The second kappa shape index (κ2) is 5.59. The molecular formula is C15H12N2O2S. The van der Waals surface area contributed by atoms with Gasteiger partial charge in [-0.2, -0.15) is 5.26 Å². The van der Waals surface area contributed by atoms with Crippen molar-refractivity contribution in [3.8, 4) is 5.40 Å². The Hall–Kier alpha value is -2.58. The lowest BCUT2D eigenvalue weighted by Crippen LogP contribution is -2.04. The lowest BCUT2D eigenvalue weighted by atomic mass is 10.1. The van der Waals surface area contributed by atoms with E-state index in [2.05, 4.69) is 0 Å². The summed E-state index contributed by atoms with van der Waals surface area (Å²) < 4.78 is 23.6. The predicted molar refractivity (Wildman–Crippen MR) is 79.0 cm³/mol. The molecule has 0 atom stereocenters. The number of nitrogens with two attached hydrogens (primary N) is 1. The number of sulfone groups is 1. The van der Waals surface area contributed by atoms with E-state index in [1.807, 2.05) is 30.3 Å². The number of thiocyanates is 1. The minimum atomic E-state index is -4.03. The smallest absolute Gasteiger partial charge is 0.272 e. The van der Waals surface area contributed by atoms with Crippen LogP contribution in [0.1, 0.15) is 11.1 Å². The van der Waals surface area contributed by atoms with E-state index >= 15 is 0 Å². The quantitative estimate of drug-likeness (QED) is 0.406. The van der Waals surface area contributed by atoms with E-state index in [0.717, 1.165) is 5.56 Å². The number of nitriles is 1. The van der Waals surface area contributed by atoms with Gasteiger partial charge in [0.15, 0.2) is 5.40 Å². The Morgan fingerprint density at radius 2 is 1.70 bits per heavy atom. The van der Waals surface area contributed by atoms with Gasteiger partial charge in [-0.25, -0.2) is 8.42 Å². The molecule has 2 rings (SSSR count). The van der Waals surface area contributed by atoms with E-state index in [0.29, 0.717) is 5.56 Å². The van der Waals surface area contributed by atoms with Crippen LogP contribution in [0.25, 0.3) is 12.2 Å². The third-order valence-corrected chi connectivity index (χ3v) is 3.97. The molecule has 0 aliphatic carbocycles. The SMILES string of the molecule is N#CS(=O)(=O)c1c(N)cccc1C=Cc1ccccc1. The number of hydrogen-bond acceptors (Lipinski definition) is 4. The molecule has 2 aromatic carbocycles. The molecule has 0 fully saturated rings. The van der Waals surface area contributed by atoms with Gasteiger partial charge in [-0.05, 0) is 17.2 Å². The minimum absolute atomic E-state index is 0.0711. The van der Waals surface area contributed by atoms with Gasteiger partial charge >= 0.3 is 0 Å². The van der Waals surface area contributed by atoms with Crippen molar-refractivity contribution >= 4 is 27.7 Å². The molecule has 4 nitrogen and oxygen atoms in total. The number of nitrogens with zero attached hydrogens (tertiary/aromatic N) is 1. The van der Waals surface area contributed by atoms with Crippen molar-refractivity contribution in [3.63, 3.8) is 0 Å². The van der Waals surface area contributed by atoms with Crippen molar-refractivity contribution in [2.45, 2.75) is 4.90 Å². The zero-order valence-corrected chi connectivity index (χ0v) is 11.3. The van der Waals surface area contributed by atoms with Crippen LogP contribution in [-0.2, 0) is 9.84 Å². The summed E-state index contributed by atoms with van der Waals surface area (Å²) in [5.41, 5.74) is 7.08. The van der Waals surface area contributed by atoms with E-state index in [9.17, 15) is 8.42 Å². The molecule has 5 heteroatoms. The van der Waals surface area contributed by atoms with Crippen molar-refractivity contribution in [2.24, 2.45) is 0 Å². The van der Waals surface area contributed by atoms with Crippen molar-refractivity contribution in [1.82, 2.24) is 0 Å². The maximum absolute atomic E-state index is 11.8. The highest BCUT2D eigenvalue weighted by Crippen LogP contribution is 2.25. The molecule has 0 heterocycles. The first-order valence-electron chi connectivity index (χ1n) is 5.82. The Bertz CT molecular complexity index is 788. The summed E-state index contributed by atoms with van der Waals surface area (Å²) in [5, 5.41) is 10.1. The van der Waals surface area contributed by atoms with Gasteiger partial charge in [0.25, 0.3) is 9.84 Å². The van der Waals surface area contributed by atoms with Crippen molar-refractivity contribution in [2.75, 3.05) is 5.73 Å². The lowest BCUT2D eigenvalue weighted by molar-refractivity contribution is 0.606. The van der Waals surface area contributed by atoms with Crippen LogP contribution in [0.2, 0.25) is 0 Å².